The van der Waals surface area contributed by atoms with Crippen molar-refractivity contribution < 1.29 is 0 Å². The van der Waals surface area contributed by atoms with E-state index in [4.69, 9.17) is 5.73 Å². The van der Waals surface area contributed by atoms with E-state index in [2.05, 4.69) is 20.8 Å². The van der Waals surface area contributed by atoms with E-state index >= 15 is 0 Å². The smallest absolute Gasteiger partial charge is 0.160 e. The lowest BCUT2D eigenvalue weighted by atomic mass is 10.0. The van der Waals surface area contributed by atoms with Crippen molar-refractivity contribution in [3.05, 3.63) is 29.7 Å². The lowest BCUT2D eigenvalue weighted by Crippen LogP contribution is -2.11. The molecule has 0 bridgehead atoms. The molecule has 0 radical (unpaired) electrons. The van der Waals surface area contributed by atoms with Crippen LogP contribution in [0, 0.1) is 0 Å². The molecule has 3 heterocycles. The summed E-state index contributed by atoms with van der Waals surface area (Å²) in [4.78, 5) is 0. The predicted octanol–water partition coefficient (Wildman–Crippen LogP) is 1.80. The summed E-state index contributed by atoms with van der Waals surface area (Å²) in [6.07, 6.45) is 4.49. The molecule has 90 valence electrons. The van der Waals surface area contributed by atoms with Crippen LogP contribution in [-0.2, 0) is 6.54 Å². The fraction of sp³-hybridized carbons (Fsp3) is 0.500. The second-order valence-corrected chi connectivity index (χ2v) is 5.64. The van der Waals surface area contributed by atoms with Gasteiger partial charge in [-0.25, -0.2) is 0 Å². The Balaban J connectivity index is 2.02. The highest BCUT2D eigenvalue weighted by molar-refractivity contribution is 7.99. The average Bonchev–Trinajstić information content (AvgIpc) is 2.82. The van der Waals surface area contributed by atoms with Crippen molar-refractivity contribution in [2.24, 2.45) is 5.73 Å². The van der Waals surface area contributed by atoms with E-state index in [9.17, 15) is 0 Å². The zero-order valence-electron chi connectivity index (χ0n) is 9.67. The van der Waals surface area contributed by atoms with Crippen LogP contribution >= 0.6 is 11.8 Å². The topological polar surface area (TPSA) is 56.2 Å². The molecule has 0 unspecified atom stereocenters. The minimum Gasteiger partial charge on any atom is -0.326 e. The molecule has 1 fully saturated rings. The van der Waals surface area contributed by atoms with E-state index < -0.39 is 0 Å². The Hall–Kier alpha value is -1.07. The van der Waals surface area contributed by atoms with Gasteiger partial charge < -0.3 is 5.73 Å². The van der Waals surface area contributed by atoms with Gasteiger partial charge in [-0.1, -0.05) is 6.07 Å². The first-order chi connectivity index (χ1) is 8.38. The summed E-state index contributed by atoms with van der Waals surface area (Å²) in [7, 11) is 0. The van der Waals surface area contributed by atoms with E-state index in [0.717, 1.165) is 17.0 Å². The first-order valence-electron chi connectivity index (χ1n) is 6.00. The second kappa shape index (κ2) is 4.66. The summed E-state index contributed by atoms with van der Waals surface area (Å²) in [5, 5.41) is 8.59. The van der Waals surface area contributed by atoms with Crippen molar-refractivity contribution in [2.75, 3.05) is 11.5 Å². The molecule has 0 aliphatic carbocycles. The highest BCUT2D eigenvalue weighted by Gasteiger charge is 2.20. The highest BCUT2D eigenvalue weighted by Crippen LogP contribution is 2.30. The van der Waals surface area contributed by atoms with Crippen LogP contribution in [0.3, 0.4) is 0 Å². The number of aromatic nitrogens is 3. The number of thioether (sulfide) groups is 1. The first-order valence-corrected chi connectivity index (χ1v) is 7.15. The molecule has 0 spiro atoms. The van der Waals surface area contributed by atoms with Crippen molar-refractivity contribution >= 4 is 17.4 Å². The lowest BCUT2D eigenvalue weighted by Gasteiger charge is -2.19. The Morgan fingerprint density at radius 1 is 1.29 bits per heavy atom. The van der Waals surface area contributed by atoms with Crippen LogP contribution < -0.4 is 5.73 Å². The number of rotatable bonds is 2. The number of fused-ring (bicyclic) bond motifs is 1. The van der Waals surface area contributed by atoms with Gasteiger partial charge in [0, 0.05) is 18.7 Å². The molecule has 2 aromatic rings. The van der Waals surface area contributed by atoms with Crippen molar-refractivity contribution in [1.82, 2.24) is 14.6 Å². The zero-order valence-corrected chi connectivity index (χ0v) is 10.5. The number of hydrogen-bond acceptors (Lipinski definition) is 4. The van der Waals surface area contributed by atoms with E-state index in [1.165, 1.54) is 24.3 Å². The van der Waals surface area contributed by atoms with Crippen LogP contribution in [0.5, 0.6) is 0 Å². The fourth-order valence-electron chi connectivity index (χ4n) is 2.31. The molecule has 17 heavy (non-hydrogen) atoms. The molecule has 1 aliphatic heterocycles. The van der Waals surface area contributed by atoms with Crippen molar-refractivity contribution in [1.29, 1.82) is 0 Å². The summed E-state index contributed by atoms with van der Waals surface area (Å²) in [5.74, 6) is 4.13. The quantitative estimate of drug-likeness (QED) is 0.880. The summed E-state index contributed by atoms with van der Waals surface area (Å²) in [5.41, 5.74) is 7.74. The third kappa shape index (κ3) is 2.05. The average molecular weight is 248 g/mol. The van der Waals surface area contributed by atoms with Gasteiger partial charge in [0.05, 0.1) is 0 Å². The third-order valence-corrected chi connectivity index (χ3v) is 4.36. The molecule has 1 aliphatic rings. The van der Waals surface area contributed by atoms with Crippen LogP contribution in [0.2, 0.25) is 0 Å². The minimum atomic E-state index is 0.555. The van der Waals surface area contributed by atoms with Crippen LogP contribution in [0.1, 0.15) is 30.1 Å². The van der Waals surface area contributed by atoms with Crippen LogP contribution in [0.25, 0.3) is 5.65 Å². The first kappa shape index (κ1) is 11.0. The van der Waals surface area contributed by atoms with E-state index in [-0.39, 0.29) is 0 Å². The van der Waals surface area contributed by atoms with Gasteiger partial charge >= 0.3 is 0 Å². The number of nitrogens with two attached hydrogens (primary N) is 1. The summed E-state index contributed by atoms with van der Waals surface area (Å²) in [6, 6.07) is 4.01. The van der Waals surface area contributed by atoms with E-state index in [1.54, 1.807) is 0 Å². The second-order valence-electron chi connectivity index (χ2n) is 4.41. The molecular weight excluding hydrogens is 232 g/mol. The van der Waals surface area contributed by atoms with Gasteiger partial charge in [-0.05, 0) is 36.0 Å². The molecule has 0 amide bonds. The number of nitrogens with zero attached hydrogens (tertiary/aromatic N) is 3. The molecule has 0 saturated carbocycles. The van der Waals surface area contributed by atoms with Crippen molar-refractivity contribution in [2.45, 2.75) is 25.3 Å². The Labute approximate surface area is 105 Å². The fourth-order valence-corrected chi connectivity index (χ4v) is 3.41. The predicted molar refractivity (Wildman–Crippen MR) is 70.2 cm³/mol. The van der Waals surface area contributed by atoms with Crippen LogP contribution in [0.4, 0.5) is 0 Å². The van der Waals surface area contributed by atoms with Gasteiger partial charge in [0.1, 0.15) is 5.82 Å². The number of hydrogen-bond donors (Lipinski definition) is 1. The third-order valence-electron chi connectivity index (χ3n) is 3.31. The van der Waals surface area contributed by atoms with E-state index in [0.29, 0.717) is 12.5 Å². The number of pyridine rings is 1. The van der Waals surface area contributed by atoms with E-state index in [1.807, 2.05) is 23.9 Å². The Bertz CT molecular complexity index is 516. The molecule has 1 saturated heterocycles. The molecule has 0 atom stereocenters. The van der Waals surface area contributed by atoms with Crippen LogP contribution in [0.15, 0.2) is 18.3 Å². The maximum atomic E-state index is 5.68. The summed E-state index contributed by atoms with van der Waals surface area (Å²) in [6.45, 7) is 0.564. The van der Waals surface area contributed by atoms with Gasteiger partial charge in [-0.3, -0.25) is 4.40 Å². The standard InChI is InChI=1S/C12H16N4S/c13-7-9-1-2-11-14-15-12(16(11)8-9)10-3-5-17-6-4-10/h1-2,8,10H,3-7,13H2. The van der Waals surface area contributed by atoms with Gasteiger partial charge in [-0.2, -0.15) is 11.8 Å². The Morgan fingerprint density at radius 2 is 2.12 bits per heavy atom. The monoisotopic (exact) mass is 248 g/mol. The normalized spacial score (nSPS) is 17.7. The molecule has 2 N–H and O–H groups in total. The molecule has 2 aromatic heterocycles. The van der Waals surface area contributed by atoms with Crippen molar-refractivity contribution in [3.63, 3.8) is 0 Å². The lowest BCUT2D eigenvalue weighted by molar-refractivity contribution is 0.591. The van der Waals surface area contributed by atoms with Gasteiger partial charge in [0.15, 0.2) is 5.65 Å². The molecule has 5 heteroatoms. The van der Waals surface area contributed by atoms with Gasteiger partial charge in [0.2, 0.25) is 0 Å². The van der Waals surface area contributed by atoms with Gasteiger partial charge in [0.25, 0.3) is 0 Å². The zero-order chi connectivity index (χ0) is 11.7. The maximum Gasteiger partial charge on any atom is 0.160 e. The minimum absolute atomic E-state index is 0.555. The summed E-state index contributed by atoms with van der Waals surface area (Å²) >= 11 is 2.03. The Kier molecular flexibility index (Phi) is 3.03. The highest BCUT2D eigenvalue weighted by atomic mass is 32.2. The molecule has 4 nitrogen and oxygen atoms in total. The summed E-state index contributed by atoms with van der Waals surface area (Å²) < 4.78 is 2.11. The molecule has 0 aromatic carbocycles. The molecule has 3 rings (SSSR count). The van der Waals surface area contributed by atoms with Crippen molar-refractivity contribution in [3.8, 4) is 0 Å². The Morgan fingerprint density at radius 3 is 2.88 bits per heavy atom. The largest absolute Gasteiger partial charge is 0.326 e. The maximum absolute atomic E-state index is 5.68. The van der Waals surface area contributed by atoms with Crippen LogP contribution in [-0.4, -0.2) is 26.1 Å². The molecular formula is C12H16N4S. The van der Waals surface area contributed by atoms with Gasteiger partial charge in [-0.15, -0.1) is 10.2 Å². The SMILES string of the molecule is NCc1ccc2nnc(C3CCSCC3)n2c1.